The predicted molar refractivity (Wildman–Crippen MR) is 55.8 cm³/mol. The van der Waals surface area contributed by atoms with E-state index in [-0.39, 0.29) is 6.42 Å². The van der Waals surface area contributed by atoms with Crippen LogP contribution < -0.4 is 9.47 Å². The largest absolute Gasteiger partial charge is 0.497 e. The normalized spacial score (nSPS) is 11.9. The van der Waals surface area contributed by atoms with Crippen LogP contribution in [0.5, 0.6) is 11.5 Å². The standard InChI is InChI=1S/C11H13FO4/c1-15-8-3-7(4-9(6-8)16-2)5-10(12)11(13)14/h3-4,6,10H,5H2,1-2H3,(H,13,14). The van der Waals surface area contributed by atoms with Crippen molar-refractivity contribution < 1.29 is 23.8 Å². The van der Waals surface area contributed by atoms with E-state index in [2.05, 4.69) is 0 Å². The number of aliphatic carboxylic acids is 1. The summed E-state index contributed by atoms with van der Waals surface area (Å²) in [5, 5.41) is 8.46. The minimum absolute atomic E-state index is 0.205. The van der Waals surface area contributed by atoms with Crippen LogP contribution in [0, 0.1) is 0 Å². The lowest BCUT2D eigenvalue weighted by atomic mass is 10.1. The fourth-order valence-corrected chi connectivity index (χ4v) is 1.28. The van der Waals surface area contributed by atoms with Crippen LogP contribution in [0.3, 0.4) is 0 Å². The zero-order chi connectivity index (χ0) is 12.1. The lowest BCUT2D eigenvalue weighted by Gasteiger charge is -2.09. The molecule has 1 atom stereocenters. The second-order valence-electron chi connectivity index (χ2n) is 3.23. The first-order valence-corrected chi connectivity index (χ1v) is 4.65. The number of carboxylic acid groups (broad SMARTS) is 1. The number of hydrogen-bond donors (Lipinski definition) is 1. The van der Waals surface area contributed by atoms with Gasteiger partial charge >= 0.3 is 5.97 Å². The number of methoxy groups -OCH3 is 2. The second kappa shape index (κ2) is 5.34. The molecule has 4 nitrogen and oxygen atoms in total. The molecular weight excluding hydrogens is 215 g/mol. The van der Waals surface area contributed by atoms with Crippen LogP contribution in [0.2, 0.25) is 0 Å². The molecular formula is C11H13FO4. The maximum Gasteiger partial charge on any atom is 0.338 e. The van der Waals surface area contributed by atoms with E-state index in [1.807, 2.05) is 0 Å². The summed E-state index contributed by atoms with van der Waals surface area (Å²) < 4.78 is 23.0. The summed E-state index contributed by atoms with van der Waals surface area (Å²) in [6.45, 7) is 0. The van der Waals surface area contributed by atoms with Crippen molar-refractivity contribution >= 4 is 5.97 Å². The second-order valence-corrected chi connectivity index (χ2v) is 3.23. The molecule has 0 radical (unpaired) electrons. The molecule has 1 aromatic carbocycles. The molecule has 88 valence electrons. The van der Waals surface area contributed by atoms with E-state index in [4.69, 9.17) is 14.6 Å². The van der Waals surface area contributed by atoms with E-state index in [0.29, 0.717) is 17.1 Å². The predicted octanol–water partition coefficient (Wildman–Crippen LogP) is 1.67. The summed E-state index contributed by atoms with van der Waals surface area (Å²) in [6.07, 6.45) is -2.13. The molecule has 0 amide bonds. The van der Waals surface area contributed by atoms with Crippen molar-refractivity contribution in [3.05, 3.63) is 23.8 Å². The first-order chi connectivity index (χ1) is 7.56. The van der Waals surface area contributed by atoms with Gasteiger partial charge in [0.15, 0.2) is 0 Å². The third-order valence-electron chi connectivity index (χ3n) is 2.09. The van der Waals surface area contributed by atoms with Crippen molar-refractivity contribution in [3.8, 4) is 11.5 Å². The van der Waals surface area contributed by atoms with E-state index in [1.165, 1.54) is 14.2 Å². The van der Waals surface area contributed by atoms with Crippen molar-refractivity contribution in [2.24, 2.45) is 0 Å². The van der Waals surface area contributed by atoms with Gasteiger partial charge in [-0.1, -0.05) is 0 Å². The molecule has 1 unspecified atom stereocenters. The zero-order valence-corrected chi connectivity index (χ0v) is 9.07. The van der Waals surface area contributed by atoms with Gasteiger partial charge in [-0.25, -0.2) is 9.18 Å². The Morgan fingerprint density at radius 1 is 1.31 bits per heavy atom. The van der Waals surface area contributed by atoms with Crippen LogP contribution >= 0.6 is 0 Å². The molecule has 0 aliphatic rings. The highest BCUT2D eigenvalue weighted by Crippen LogP contribution is 2.23. The van der Waals surface area contributed by atoms with Gasteiger partial charge in [0.25, 0.3) is 0 Å². The third-order valence-corrected chi connectivity index (χ3v) is 2.09. The Labute approximate surface area is 92.6 Å². The molecule has 0 spiro atoms. The van der Waals surface area contributed by atoms with Crippen molar-refractivity contribution in [1.29, 1.82) is 0 Å². The number of alkyl halides is 1. The van der Waals surface area contributed by atoms with Crippen LogP contribution in [0.1, 0.15) is 5.56 Å². The molecule has 0 fully saturated rings. The number of benzene rings is 1. The van der Waals surface area contributed by atoms with Crippen molar-refractivity contribution in [1.82, 2.24) is 0 Å². The number of carboxylic acids is 1. The number of halogens is 1. The fraction of sp³-hybridized carbons (Fsp3) is 0.364. The van der Waals surface area contributed by atoms with Gasteiger partial charge in [0.1, 0.15) is 11.5 Å². The van der Waals surface area contributed by atoms with Gasteiger partial charge in [0.05, 0.1) is 14.2 Å². The quantitative estimate of drug-likeness (QED) is 0.832. The Bertz CT molecular complexity index is 356. The Morgan fingerprint density at radius 2 is 1.81 bits per heavy atom. The van der Waals surface area contributed by atoms with E-state index < -0.39 is 12.1 Å². The Balaban J connectivity index is 2.90. The number of rotatable bonds is 5. The topological polar surface area (TPSA) is 55.8 Å². The van der Waals surface area contributed by atoms with Gasteiger partial charge in [-0.15, -0.1) is 0 Å². The van der Waals surface area contributed by atoms with Crippen molar-refractivity contribution in [2.75, 3.05) is 14.2 Å². The maximum atomic E-state index is 13.0. The number of carbonyl (C=O) groups is 1. The highest BCUT2D eigenvalue weighted by molar-refractivity contribution is 5.72. The average molecular weight is 228 g/mol. The summed E-state index contributed by atoms with van der Waals surface area (Å²) in [7, 11) is 2.95. The summed E-state index contributed by atoms with van der Waals surface area (Å²) in [4.78, 5) is 10.4. The van der Waals surface area contributed by atoms with Crippen LogP contribution in [-0.2, 0) is 11.2 Å². The van der Waals surface area contributed by atoms with Crippen molar-refractivity contribution in [3.63, 3.8) is 0 Å². The molecule has 1 N–H and O–H groups in total. The Hall–Kier alpha value is -1.78. The van der Waals surface area contributed by atoms with Crippen LogP contribution in [0.15, 0.2) is 18.2 Å². The molecule has 0 heterocycles. The molecule has 16 heavy (non-hydrogen) atoms. The van der Waals surface area contributed by atoms with E-state index in [1.54, 1.807) is 18.2 Å². The maximum absolute atomic E-state index is 13.0. The molecule has 0 saturated heterocycles. The van der Waals surface area contributed by atoms with Gasteiger partial charge in [-0.05, 0) is 17.7 Å². The van der Waals surface area contributed by atoms with E-state index in [0.717, 1.165) is 0 Å². The first kappa shape index (κ1) is 12.3. The average Bonchev–Trinajstić information content (AvgIpc) is 2.28. The Morgan fingerprint density at radius 3 is 2.19 bits per heavy atom. The number of hydrogen-bond acceptors (Lipinski definition) is 3. The molecule has 1 rings (SSSR count). The highest BCUT2D eigenvalue weighted by Gasteiger charge is 2.17. The minimum Gasteiger partial charge on any atom is -0.497 e. The van der Waals surface area contributed by atoms with Crippen LogP contribution in [0.4, 0.5) is 4.39 Å². The highest BCUT2D eigenvalue weighted by atomic mass is 19.1. The third kappa shape index (κ3) is 3.12. The molecule has 0 aromatic heterocycles. The molecule has 1 aromatic rings. The van der Waals surface area contributed by atoms with Gasteiger partial charge in [0.2, 0.25) is 6.17 Å². The van der Waals surface area contributed by atoms with Gasteiger partial charge in [-0.3, -0.25) is 0 Å². The number of ether oxygens (including phenoxy) is 2. The summed E-state index contributed by atoms with van der Waals surface area (Å²) in [6, 6.07) is 4.80. The van der Waals surface area contributed by atoms with Crippen LogP contribution in [-0.4, -0.2) is 31.5 Å². The van der Waals surface area contributed by atoms with E-state index in [9.17, 15) is 9.18 Å². The molecule has 0 saturated carbocycles. The van der Waals surface area contributed by atoms with Crippen molar-refractivity contribution in [2.45, 2.75) is 12.6 Å². The lowest BCUT2D eigenvalue weighted by molar-refractivity contribution is -0.142. The molecule has 0 bridgehead atoms. The zero-order valence-electron chi connectivity index (χ0n) is 9.07. The molecule has 0 aliphatic carbocycles. The molecule has 0 aliphatic heterocycles. The van der Waals surface area contributed by atoms with Gasteiger partial charge in [0, 0.05) is 12.5 Å². The van der Waals surface area contributed by atoms with E-state index >= 15 is 0 Å². The molecule has 5 heteroatoms. The minimum atomic E-state index is -1.92. The van der Waals surface area contributed by atoms with Gasteiger partial charge in [-0.2, -0.15) is 0 Å². The van der Waals surface area contributed by atoms with Gasteiger partial charge < -0.3 is 14.6 Å². The summed E-state index contributed by atoms with van der Waals surface area (Å²) in [5.41, 5.74) is 0.520. The SMILES string of the molecule is COc1cc(CC(F)C(=O)O)cc(OC)c1. The monoisotopic (exact) mass is 228 g/mol. The fourth-order valence-electron chi connectivity index (χ4n) is 1.28. The Kier molecular flexibility index (Phi) is 4.10. The summed E-state index contributed by atoms with van der Waals surface area (Å²) >= 11 is 0. The smallest absolute Gasteiger partial charge is 0.338 e. The summed E-state index contributed by atoms with van der Waals surface area (Å²) in [5.74, 6) is -0.458. The van der Waals surface area contributed by atoms with Crippen LogP contribution in [0.25, 0.3) is 0 Å². The first-order valence-electron chi connectivity index (χ1n) is 4.65. The lowest BCUT2D eigenvalue weighted by Crippen LogP contribution is -2.17.